The van der Waals surface area contributed by atoms with Gasteiger partial charge in [-0.3, -0.25) is 4.68 Å². The summed E-state index contributed by atoms with van der Waals surface area (Å²) in [5.74, 6) is -0.339. The summed E-state index contributed by atoms with van der Waals surface area (Å²) < 4.78 is 6.72. The molecule has 0 radical (unpaired) electrons. The van der Waals surface area contributed by atoms with Gasteiger partial charge in [-0.1, -0.05) is 13.8 Å². The molecule has 0 saturated heterocycles. The lowest BCUT2D eigenvalue weighted by molar-refractivity contribution is 0.0518. The first-order valence-corrected chi connectivity index (χ1v) is 5.76. The quantitative estimate of drug-likeness (QED) is 0.768. The molecule has 16 heavy (non-hydrogen) atoms. The van der Waals surface area contributed by atoms with Crippen molar-refractivity contribution >= 4 is 5.97 Å². The zero-order valence-electron chi connectivity index (χ0n) is 10.1. The molecule has 0 aliphatic carbocycles. The molecule has 1 aliphatic rings. The smallest absolute Gasteiger partial charge is 0.358 e. The molecular formula is C11H19N3O2. The number of fused-ring (bicyclic) bond motifs is 1. The van der Waals surface area contributed by atoms with Crippen LogP contribution in [0.15, 0.2) is 6.07 Å². The average Bonchev–Trinajstić information content (AvgIpc) is 2.75. The Bertz CT molecular complexity index is 323. The van der Waals surface area contributed by atoms with E-state index in [1.54, 1.807) is 13.0 Å². The molecule has 0 spiro atoms. The number of nitrogens with one attached hydrogen (secondary N) is 1. The standard InChI is InChI=1S/C9H13N3O2.C2H6/c1-2-14-9(13)8-5-7-6-10-3-4-12(7)11-8;1-2/h5,10H,2-4,6H2,1H3;1-2H3. The van der Waals surface area contributed by atoms with Crippen LogP contribution in [0.3, 0.4) is 0 Å². The highest BCUT2D eigenvalue weighted by Gasteiger charge is 2.16. The number of carbonyl (C=O) groups excluding carboxylic acids is 1. The van der Waals surface area contributed by atoms with Gasteiger partial charge in [-0.2, -0.15) is 5.10 Å². The molecule has 0 unspecified atom stereocenters. The minimum Gasteiger partial charge on any atom is -0.461 e. The average molecular weight is 225 g/mol. The van der Waals surface area contributed by atoms with Gasteiger partial charge in [-0.25, -0.2) is 4.79 Å². The third kappa shape index (κ3) is 2.82. The molecule has 1 aromatic heterocycles. The van der Waals surface area contributed by atoms with E-state index in [-0.39, 0.29) is 5.97 Å². The van der Waals surface area contributed by atoms with Crippen molar-refractivity contribution in [3.8, 4) is 0 Å². The number of hydrogen-bond donors (Lipinski definition) is 1. The molecule has 1 N–H and O–H groups in total. The third-order valence-electron chi connectivity index (χ3n) is 2.15. The van der Waals surface area contributed by atoms with Crippen molar-refractivity contribution in [1.82, 2.24) is 15.1 Å². The van der Waals surface area contributed by atoms with Crippen LogP contribution in [0.25, 0.3) is 0 Å². The van der Waals surface area contributed by atoms with Crippen LogP contribution in [-0.2, 0) is 17.8 Å². The van der Waals surface area contributed by atoms with Crippen molar-refractivity contribution in [2.24, 2.45) is 0 Å². The molecule has 1 aromatic rings. The summed E-state index contributed by atoms with van der Waals surface area (Å²) in [6, 6.07) is 1.78. The van der Waals surface area contributed by atoms with Crippen LogP contribution >= 0.6 is 0 Å². The van der Waals surface area contributed by atoms with E-state index in [2.05, 4.69) is 10.4 Å². The summed E-state index contributed by atoms with van der Waals surface area (Å²) in [7, 11) is 0. The predicted molar refractivity (Wildman–Crippen MR) is 61.2 cm³/mol. The van der Waals surface area contributed by atoms with Crippen LogP contribution in [0.5, 0.6) is 0 Å². The number of rotatable bonds is 2. The normalized spacial score (nSPS) is 13.4. The van der Waals surface area contributed by atoms with Crippen LogP contribution < -0.4 is 5.32 Å². The molecule has 0 atom stereocenters. The minimum atomic E-state index is -0.339. The van der Waals surface area contributed by atoms with Gasteiger partial charge in [0.25, 0.3) is 0 Å². The fraction of sp³-hybridized carbons (Fsp3) is 0.636. The largest absolute Gasteiger partial charge is 0.461 e. The van der Waals surface area contributed by atoms with Gasteiger partial charge >= 0.3 is 5.97 Å². The Morgan fingerprint density at radius 1 is 1.62 bits per heavy atom. The van der Waals surface area contributed by atoms with E-state index in [0.29, 0.717) is 12.3 Å². The van der Waals surface area contributed by atoms with E-state index < -0.39 is 0 Å². The lowest BCUT2D eigenvalue weighted by Crippen LogP contribution is -2.28. The summed E-state index contributed by atoms with van der Waals surface area (Å²) in [6.45, 7) is 8.66. The zero-order chi connectivity index (χ0) is 12.0. The van der Waals surface area contributed by atoms with Crippen LogP contribution in [0.1, 0.15) is 37.0 Å². The van der Waals surface area contributed by atoms with Gasteiger partial charge in [0.05, 0.1) is 18.8 Å². The fourth-order valence-electron chi connectivity index (χ4n) is 1.50. The maximum absolute atomic E-state index is 11.3. The zero-order valence-corrected chi connectivity index (χ0v) is 10.1. The Labute approximate surface area is 95.8 Å². The maximum Gasteiger partial charge on any atom is 0.358 e. The van der Waals surface area contributed by atoms with Gasteiger partial charge in [0.1, 0.15) is 0 Å². The highest BCUT2D eigenvalue weighted by atomic mass is 16.5. The first-order valence-electron chi connectivity index (χ1n) is 5.76. The number of nitrogens with zero attached hydrogens (tertiary/aromatic N) is 2. The van der Waals surface area contributed by atoms with Crippen molar-refractivity contribution in [2.45, 2.75) is 33.9 Å². The highest BCUT2D eigenvalue weighted by molar-refractivity contribution is 5.87. The van der Waals surface area contributed by atoms with Gasteiger partial charge in [0, 0.05) is 13.1 Å². The van der Waals surface area contributed by atoms with Gasteiger partial charge in [0.2, 0.25) is 0 Å². The van der Waals surface area contributed by atoms with Gasteiger partial charge < -0.3 is 10.1 Å². The minimum absolute atomic E-state index is 0.339. The Balaban J connectivity index is 0.000000606. The summed E-state index contributed by atoms with van der Waals surface area (Å²) in [5.41, 5.74) is 1.45. The molecule has 5 heteroatoms. The summed E-state index contributed by atoms with van der Waals surface area (Å²) in [5, 5.41) is 7.38. The summed E-state index contributed by atoms with van der Waals surface area (Å²) in [4.78, 5) is 11.3. The SMILES string of the molecule is CC.CCOC(=O)c1cc2n(n1)CCNC2. The van der Waals surface area contributed by atoms with Crippen molar-refractivity contribution in [2.75, 3.05) is 13.2 Å². The van der Waals surface area contributed by atoms with E-state index in [1.807, 2.05) is 18.5 Å². The lowest BCUT2D eigenvalue weighted by Gasteiger charge is -2.13. The molecular weight excluding hydrogens is 206 g/mol. The Hall–Kier alpha value is -1.36. The van der Waals surface area contributed by atoms with Crippen molar-refractivity contribution in [1.29, 1.82) is 0 Å². The lowest BCUT2D eigenvalue weighted by atomic mass is 10.3. The molecule has 2 heterocycles. The van der Waals surface area contributed by atoms with E-state index in [9.17, 15) is 4.79 Å². The van der Waals surface area contributed by atoms with Crippen LogP contribution in [-0.4, -0.2) is 28.9 Å². The summed E-state index contributed by atoms with van der Waals surface area (Å²) in [6.07, 6.45) is 0. The van der Waals surface area contributed by atoms with Crippen molar-refractivity contribution in [3.05, 3.63) is 17.5 Å². The van der Waals surface area contributed by atoms with E-state index in [0.717, 1.165) is 25.3 Å². The van der Waals surface area contributed by atoms with Crippen molar-refractivity contribution in [3.63, 3.8) is 0 Å². The van der Waals surface area contributed by atoms with E-state index in [1.165, 1.54) is 0 Å². The molecule has 0 bridgehead atoms. The van der Waals surface area contributed by atoms with Gasteiger partial charge in [-0.15, -0.1) is 0 Å². The molecule has 5 nitrogen and oxygen atoms in total. The molecule has 0 aromatic carbocycles. The van der Waals surface area contributed by atoms with E-state index >= 15 is 0 Å². The monoisotopic (exact) mass is 225 g/mol. The first-order chi connectivity index (χ1) is 7.81. The molecule has 1 aliphatic heterocycles. The van der Waals surface area contributed by atoms with Crippen LogP contribution in [0.2, 0.25) is 0 Å². The Morgan fingerprint density at radius 3 is 3.00 bits per heavy atom. The summed E-state index contributed by atoms with van der Waals surface area (Å²) >= 11 is 0. The molecule has 0 amide bonds. The molecule has 2 rings (SSSR count). The Kier molecular flexibility index (Phi) is 4.98. The fourth-order valence-corrected chi connectivity index (χ4v) is 1.50. The van der Waals surface area contributed by atoms with Crippen LogP contribution in [0.4, 0.5) is 0 Å². The first kappa shape index (κ1) is 12.7. The molecule has 0 fully saturated rings. The Morgan fingerprint density at radius 2 is 2.38 bits per heavy atom. The predicted octanol–water partition coefficient (Wildman–Crippen LogP) is 1.19. The number of aromatic nitrogens is 2. The number of hydrogen-bond acceptors (Lipinski definition) is 4. The third-order valence-corrected chi connectivity index (χ3v) is 2.15. The van der Waals surface area contributed by atoms with E-state index in [4.69, 9.17) is 4.74 Å². The van der Waals surface area contributed by atoms with Crippen molar-refractivity contribution < 1.29 is 9.53 Å². The number of ether oxygens (including phenoxy) is 1. The number of carbonyl (C=O) groups is 1. The van der Waals surface area contributed by atoms with Gasteiger partial charge in [0.15, 0.2) is 5.69 Å². The number of esters is 1. The van der Waals surface area contributed by atoms with Crippen LogP contribution in [0, 0.1) is 0 Å². The molecule has 0 saturated carbocycles. The second-order valence-corrected chi connectivity index (χ2v) is 3.14. The highest BCUT2D eigenvalue weighted by Crippen LogP contribution is 2.08. The second kappa shape index (κ2) is 6.27. The second-order valence-electron chi connectivity index (χ2n) is 3.14. The maximum atomic E-state index is 11.3. The topological polar surface area (TPSA) is 56.2 Å². The molecule has 90 valence electrons. The van der Waals surface area contributed by atoms with Gasteiger partial charge in [-0.05, 0) is 13.0 Å².